The Morgan fingerprint density at radius 2 is 2.00 bits per heavy atom. The van der Waals surface area contributed by atoms with Crippen LogP contribution in [0.2, 0.25) is 0 Å². The average Bonchev–Trinajstić information content (AvgIpc) is 2.68. The number of hydrogen-bond donors (Lipinski definition) is 1. The van der Waals surface area contributed by atoms with Gasteiger partial charge in [0, 0.05) is 12.0 Å². The minimum absolute atomic E-state index is 0.382. The van der Waals surface area contributed by atoms with Crippen molar-refractivity contribution in [2.45, 2.75) is 6.42 Å². The summed E-state index contributed by atoms with van der Waals surface area (Å²) in [6.45, 7) is 0. The lowest BCUT2D eigenvalue weighted by atomic mass is 10.1. The number of aromatic hydroxyl groups is 1. The van der Waals surface area contributed by atoms with E-state index < -0.39 is 0 Å². The van der Waals surface area contributed by atoms with E-state index in [4.69, 9.17) is 4.74 Å². The molecule has 0 fully saturated rings. The first kappa shape index (κ1) is 9.28. The summed E-state index contributed by atoms with van der Waals surface area (Å²) in [5.74, 6) is 1.24. The molecule has 1 aliphatic carbocycles. The van der Waals surface area contributed by atoms with Crippen LogP contribution in [0.1, 0.15) is 11.1 Å². The highest BCUT2D eigenvalue weighted by Crippen LogP contribution is 2.41. The molecule has 80 valence electrons. The highest BCUT2D eigenvalue weighted by molar-refractivity contribution is 5.79. The summed E-state index contributed by atoms with van der Waals surface area (Å²) in [7, 11) is 1.67. The van der Waals surface area contributed by atoms with E-state index in [0.717, 1.165) is 23.3 Å². The van der Waals surface area contributed by atoms with Gasteiger partial charge in [-0.2, -0.15) is 0 Å². The Balaban J connectivity index is 2.23. The van der Waals surface area contributed by atoms with Crippen LogP contribution in [0.4, 0.5) is 0 Å². The van der Waals surface area contributed by atoms with Crippen molar-refractivity contribution < 1.29 is 9.84 Å². The fourth-order valence-electron chi connectivity index (χ4n) is 2.29. The van der Waals surface area contributed by atoms with Crippen molar-refractivity contribution >= 4 is 0 Å². The third-order valence-corrected chi connectivity index (χ3v) is 3.13. The SMILES string of the molecule is COc1ccc2c(c1)-c1cccc(O)c1C2. The van der Waals surface area contributed by atoms with E-state index in [1.54, 1.807) is 13.2 Å². The highest BCUT2D eigenvalue weighted by atomic mass is 16.5. The summed E-state index contributed by atoms with van der Waals surface area (Å²) in [5, 5.41) is 9.80. The summed E-state index contributed by atoms with van der Waals surface area (Å²) >= 11 is 0. The molecule has 0 saturated carbocycles. The topological polar surface area (TPSA) is 29.5 Å². The maximum Gasteiger partial charge on any atom is 0.119 e. The number of phenols is 1. The second kappa shape index (κ2) is 3.27. The number of methoxy groups -OCH3 is 1. The van der Waals surface area contributed by atoms with Crippen LogP contribution in [0.25, 0.3) is 11.1 Å². The predicted octanol–water partition coefficient (Wildman–Crippen LogP) is 2.97. The Labute approximate surface area is 94.1 Å². The molecule has 0 aliphatic heterocycles. The molecule has 0 unspecified atom stereocenters. The summed E-state index contributed by atoms with van der Waals surface area (Å²) in [6.07, 6.45) is 0.807. The molecule has 0 aromatic heterocycles. The van der Waals surface area contributed by atoms with Gasteiger partial charge in [0.1, 0.15) is 11.5 Å². The maximum atomic E-state index is 9.80. The smallest absolute Gasteiger partial charge is 0.119 e. The Morgan fingerprint density at radius 1 is 1.12 bits per heavy atom. The Morgan fingerprint density at radius 3 is 2.81 bits per heavy atom. The molecule has 16 heavy (non-hydrogen) atoms. The minimum Gasteiger partial charge on any atom is -0.508 e. The zero-order valence-corrected chi connectivity index (χ0v) is 9.03. The number of rotatable bonds is 1. The van der Waals surface area contributed by atoms with Crippen molar-refractivity contribution in [1.29, 1.82) is 0 Å². The van der Waals surface area contributed by atoms with Crippen LogP contribution >= 0.6 is 0 Å². The number of phenolic OH excluding ortho intramolecular Hbond substituents is 1. The first-order valence-electron chi connectivity index (χ1n) is 5.28. The van der Waals surface area contributed by atoms with Gasteiger partial charge in [0.2, 0.25) is 0 Å². The molecule has 2 aromatic carbocycles. The van der Waals surface area contributed by atoms with Crippen molar-refractivity contribution in [1.82, 2.24) is 0 Å². The molecule has 0 saturated heterocycles. The van der Waals surface area contributed by atoms with Crippen molar-refractivity contribution in [3.8, 4) is 22.6 Å². The van der Waals surface area contributed by atoms with Crippen LogP contribution in [-0.4, -0.2) is 12.2 Å². The molecule has 2 aromatic rings. The first-order chi connectivity index (χ1) is 7.79. The fraction of sp³-hybridized carbons (Fsp3) is 0.143. The second-order valence-electron chi connectivity index (χ2n) is 4.00. The number of fused-ring (bicyclic) bond motifs is 3. The molecule has 0 atom stereocenters. The maximum absolute atomic E-state index is 9.80. The van der Waals surface area contributed by atoms with E-state index in [1.807, 2.05) is 24.3 Å². The molecule has 2 heteroatoms. The molecule has 0 amide bonds. The van der Waals surface area contributed by atoms with Crippen molar-refractivity contribution in [3.05, 3.63) is 47.5 Å². The molecule has 1 aliphatic rings. The molecule has 2 nitrogen and oxygen atoms in total. The minimum atomic E-state index is 0.382. The van der Waals surface area contributed by atoms with Gasteiger partial charge in [-0.1, -0.05) is 18.2 Å². The van der Waals surface area contributed by atoms with Gasteiger partial charge in [-0.15, -0.1) is 0 Å². The van der Waals surface area contributed by atoms with E-state index in [9.17, 15) is 5.11 Å². The Kier molecular flexibility index (Phi) is 1.90. The Hall–Kier alpha value is -1.96. The van der Waals surface area contributed by atoms with Gasteiger partial charge in [-0.05, 0) is 34.9 Å². The molecule has 1 N–H and O–H groups in total. The largest absolute Gasteiger partial charge is 0.508 e. The van der Waals surface area contributed by atoms with E-state index >= 15 is 0 Å². The van der Waals surface area contributed by atoms with Gasteiger partial charge >= 0.3 is 0 Å². The van der Waals surface area contributed by atoms with Crippen LogP contribution in [0, 0.1) is 0 Å². The van der Waals surface area contributed by atoms with Crippen LogP contribution < -0.4 is 4.74 Å². The van der Waals surface area contributed by atoms with E-state index in [0.29, 0.717) is 5.75 Å². The van der Waals surface area contributed by atoms with E-state index in [1.165, 1.54) is 11.1 Å². The highest BCUT2D eigenvalue weighted by Gasteiger charge is 2.21. The molecule has 0 radical (unpaired) electrons. The van der Waals surface area contributed by atoms with Gasteiger partial charge in [0.05, 0.1) is 7.11 Å². The number of benzene rings is 2. The number of hydrogen-bond acceptors (Lipinski definition) is 2. The molecular formula is C14H12O2. The average molecular weight is 212 g/mol. The van der Waals surface area contributed by atoms with Crippen LogP contribution in [0.5, 0.6) is 11.5 Å². The van der Waals surface area contributed by atoms with Crippen LogP contribution in [0.3, 0.4) is 0 Å². The van der Waals surface area contributed by atoms with Crippen LogP contribution in [-0.2, 0) is 6.42 Å². The number of ether oxygens (including phenoxy) is 1. The third-order valence-electron chi connectivity index (χ3n) is 3.13. The van der Waals surface area contributed by atoms with E-state index in [2.05, 4.69) is 6.07 Å². The summed E-state index contributed by atoms with van der Waals surface area (Å²) in [5.41, 5.74) is 4.56. The molecular weight excluding hydrogens is 200 g/mol. The molecule has 0 bridgehead atoms. The normalized spacial score (nSPS) is 12.1. The monoisotopic (exact) mass is 212 g/mol. The van der Waals surface area contributed by atoms with Gasteiger partial charge < -0.3 is 9.84 Å². The van der Waals surface area contributed by atoms with Crippen molar-refractivity contribution in [3.63, 3.8) is 0 Å². The lowest BCUT2D eigenvalue weighted by molar-refractivity contribution is 0.415. The first-order valence-corrected chi connectivity index (χ1v) is 5.28. The zero-order valence-electron chi connectivity index (χ0n) is 9.03. The Bertz CT molecular complexity index is 559. The van der Waals surface area contributed by atoms with Crippen LogP contribution in [0.15, 0.2) is 36.4 Å². The quantitative estimate of drug-likeness (QED) is 0.672. The van der Waals surface area contributed by atoms with E-state index in [-0.39, 0.29) is 0 Å². The molecule has 0 heterocycles. The van der Waals surface area contributed by atoms with Gasteiger partial charge in [0.15, 0.2) is 0 Å². The lowest BCUT2D eigenvalue weighted by Gasteiger charge is -2.04. The second-order valence-corrected chi connectivity index (χ2v) is 4.00. The summed E-state index contributed by atoms with van der Waals surface area (Å²) in [4.78, 5) is 0. The fourth-order valence-corrected chi connectivity index (χ4v) is 2.29. The summed E-state index contributed by atoms with van der Waals surface area (Å²) in [6, 6.07) is 11.7. The standard InChI is InChI=1S/C14H12O2/c1-16-10-6-5-9-7-13-11(12(9)8-10)3-2-4-14(13)15/h2-6,8,15H,7H2,1H3. The lowest BCUT2D eigenvalue weighted by Crippen LogP contribution is -1.84. The summed E-state index contributed by atoms with van der Waals surface area (Å²) < 4.78 is 5.22. The van der Waals surface area contributed by atoms with Gasteiger partial charge in [0.25, 0.3) is 0 Å². The van der Waals surface area contributed by atoms with Gasteiger partial charge in [-0.3, -0.25) is 0 Å². The van der Waals surface area contributed by atoms with Crippen molar-refractivity contribution in [2.75, 3.05) is 7.11 Å². The molecule has 0 spiro atoms. The third kappa shape index (κ3) is 1.20. The van der Waals surface area contributed by atoms with Crippen molar-refractivity contribution in [2.24, 2.45) is 0 Å². The molecule has 3 rings (SSSR count). The predicted molar refractivity (Wildman–Crippen MR) is 62.9 cm³/mol. The zero-order chi connectivity index (χ0) is 11.1. The van der Waals surface area contributed by atoms with Gasteiger partial charge in [-0.25, -0.2) is 0 Å².